The molecule has 66 valence electrons. The van der Waals surface area contributed by atoms with E-state index in [1.807, 2.05) is 0 Å². The molecule has 1 N–H and O–H groups in total. The Balaban J connectivity index is 3.78. The monoisotopic (exact) mass is 188 g/mol. The van der Waals surface area contributed by atoms with Crippen LogP contribution in [0.4, 0.5) is 0 Å². The maximum Gasteiger partial charge on any atom is 0.333 e. The fourth-order valence-corrected chi connectivity index (χ4v) is 0.501. The van der Waals surface area contributed by atoms with E-state index in [0.29, 0.717) is 0 Å². The highest BCUT2D eigenvalue weighted by molar-refractivity contribution is 7.28. The average Bonchev–Trinajstić information content (AvgIpc) is 2.03. The maximum absolute atomic E-state index is 10.7. The quantitative estimate of drug-likeness (QED) is 0.316. The molecule has 0 unspecified atom stereocenters. The summed E-state index contributed by atoms with van der Waals surface area (Å²) < 4.78 is 14.5. The Hall–Kier alpha value is -1.15. The van der Waals surface area contributed by atoms with Crippen molar-refractivity contribution in [1.29, 1.82) is 0 Å². The molecular weight excluding hydrogens is 179 g/mol. The first-order valence-electron chi connectivity index (χ1n) is 3.13. The molecule has 0 bridgehead atoms. The molecule has 4 nitrogen and oxygen atoms in total. The van der Waals surface area contributed by atoms with Crippen molar-refractivity contribution in [2.45, 2.75) is 6.92 Å². The van der Waals surface area contributed by atoms with Gasteiger partial charge in [0.25, 0.3) is 0 Å². The number of carbonyl (C=O) groups is 1. The van der Waals surface area contributed by atoms with Crippen LogP contribution in [-0.2, 0) is 14.1 Å². The fraction of sp³-hybridized carbons (Fsp3) is 0.286. The molecule has 12 heavy (non-hydrogen) atoms. The smallest absolute Gasteiger partial charge is 0.333 e. The summed E-state index contributed by atoms with van der Waals surface area (Å²) in [6, 6.07) is 0. The Morgan fingerprint density at radius 3 is 2.75 bits per heavy atom. The van der Waals surface area contributed by atoms with E-state index in [1.165, 1.54) is 6.92 Å². The zero-order valence-electron chi connectivity index (χ0n) is 6.61. The number of aliphatic hydroxyl groups excluding tert-OH is 1. The number of hydrogen-bond acceptors (Lipinski definition) is 4. The third kappa shape index (κ3) is 4.63. The molecule has 0 fully saturated rings. The van der Waals surface area contributed by atoms with Gasteiger partial charge in [0.1, 0.15) is 6.61 Å². The van der Waals surface area contributed by atoms with Crippen LogP contribution in [0.5, 0.6) is 0 Å². The predicted molar refractivity (Wildman–Crippen MR) is 44.1 cm³/mol. The van der Waals surface area contributed by atoms with Crippen LogP contribution >= 0.6 is 8.46 Å². The third-order valence-electron chi connectivity index (χ3n) is 0.922. The maximum atomic E-state index is 10.7. The van der Waals surface area contributed by atoms with Gasteiger partial charge in [-0.2, -0.15) is 0 Å². The van der Waals surface area contributed by atoms with Crippen LogP contribution < -0.4 is 0 Å². The number of ether oxygens (including phenoxy) is 1. The van der Waals surface area contributed by atoms with Crippen molar-refractivity contribution < 1.29 is 19.2 Å². The van der Waals surface area contributed by atoms with Crippen molar-refractivity contribution in [2.24, 2.45) is 0 Å². The van der Waals surface area contributed by atoms with Crippen LogP contribution in [0.2, 0.25) is 0 Å². The second-order valence-corrected chi connectivity index (χ2v) is 2.67. The van der Waals surface area contributed by atoms with Gasteiger partial charge in [-0.25, -0.2) is 4.79 Å². The van der Waals surface area contributed by atoms with E-state index in [2.05, 4.69) is 11.3 Å². The van der Waals surface area contributed by atoms with Crippen LogP contribution in [0.25, 0.3) is 0 Å². The van der Waals surface area contributed by atoms with Crippen LogP contribution in [-0.4, -0.2) is 17.7 Å². The van der Waals surface area contributed by atoms with E-state index in [1.54, 1.807) is 0 Å². The zero-order chi connectivity index (χ0) is 9.56. The van der Waals surface area contributed by atoms with Crippen LogP contribution in [0.3, 0.4) is 0 Å². The van der Waals surface area contributed by atoms with Gasteiger partial charge in [-0.1, -0.05) is 6.58 Å². The van der Waals surface area contributed by atoms with Crippen LogP contribution in [0.1, 0.15) is 6.92 Å². The molecule has 0 radical (unpaired) electrons. The summed E-state index contributed by atoms with van der Waals surface area (Å²) in [5.41, 5.74) is -0.0768. The van der Waals surface area contributed by atoms with Gasteiger partial charge in [0.2, 0.25) is 8.46 Å². The van der Waals surface area contributed by atoms with Crippen LogP contribution in [0, 0.1) is 0 Å². The van der Waals surface area contributed by atoms with E-state index in [0.717, 1.165) is 6.08 Å². The number of aliphatic hydroxyl groups is 1. The number of esters is 1. The van der Waals surface area contributed by atoms with E-state index in [-0.39, 0.29) is 17.7 Å². The van der Waals surface area contributed by atoms with E-state index >= 15 is 0 Å². The Morgan fingerprint density at radius 2 is 2.33 bits per heavy atom. The zero-order valence-corrected chi connectivity index (χ0v) is 7.51. The fourth-order valence-electron chi connectivity index (χ4n) is 0.352. The van der Waals surface area contributed by atoms with Gasteiger partial charge in [0, 0.05) is 11.6 Å². The summed E-state index contributed by atoms with van der Waals surface area (Å²) in [6.45, 7) is 4.76. The minimum absolute atomic E-state index is 0.104. The average molecular weight is 188 g/mol. The molecular formula is C7H9O4P. The topological polar surface area (TPSA) is 63.6 Å². The highest BCUT2D eigenvalue weighted by Crippen LogP contribution is 2.05. The first-order chi connectivity index (χ1) is 5.57. The lowest BCUT2D eigenvalue weighted by molar-refractivity contribution is -0.137. The minimum Gasteiger partial charge on any atom is -0.501 e. The predicted octanol–water partition coefficient (Wildman–Crippen LogP) is 1.80. The molecule has 5 heteroatoms. The van der Waals surface area contributed by atoms with Gasteiger partial charge in [-0.15, -0.1) is 0 Å². The molecule has 0 rings (SSSR count). The molecule has 0 aromatic rings. The van der Waals surface area contributed by atoms with Crippen LogP contribution in [0.15, 0.2) is 23.7 Å². The molecule has 0 aliphatic rings. The molecule has 0 aromatic carbocycles. The molecule has 0 atom stereocenters. The van der Waals surface area contributed by atoms with Gasteiger partial charge in [0.15, 0.2) is 5.50 Å². The Labute approximate surface area is 71.7 Å². The molecule has 0 spiro atoms. The summed E-state index contributed by atoms with van der Waals surface area (Å²) in [4.78, 5) is 10.7. The summed E-state index contributed by atoms with van der Waals surface area (Å²) in [5.74, 6) is -0.540. The minimum atomic E-state index is -0.540. The lowest BCUT2D eigenvalue weighted by Gasteiger charge is -1.98. The molecule has 0 saturated carbocycles. The number of rotatable bonds is 4. The lowest BCUT2D eigenvalue weighted by Crippen LogP contribution is -2.04. The summed E-state index contributed by atoms with van der Waals surface area (Å²) in [5, 5.41) is 8.63. The van der Waals surface area contributed by atoms with Crippen molar-refractivity contribution in [3.8, 4) is 0 Å². The molecule has 0 amide bonds. The lowest BCUT2D eigenvalue weighted by atomic mass is 10.4. The van der Waals surface area contributed by atoms with Gasteiger partial charge in [-0.05, 0) is 6.92 Å². The standard InChI is InChI=1S/C7H9O4P/c1-5(2)7(9)11-4-3-6(8)12-10/h3,8H,1,4H2,2H3. The van der Waals surface area contributed by atoms with E-state index < -0.39 is 14.4 Å². The van der Waals surface area contributed by atoms with Crippen molar-refractivity contribution >= 4 is 14.4 Å². The molecule has 0 saturated heterocycles. The summed E-state index contributed by atoms with van der Waals surface area (Å²) in [6.07, 6.45) is 1.13. The first-order valence-corrected chi connectivity index (χ1v) is 3.94. The number of carbonyl (C=O) groups excluding carboxylic acids is 1. The number of hydrogen-bond donors (Lipinski definition) is 1. The Kier molecular flexibility index (Phi) is 4.97. The van der Waals surface area contributed by atoms with E-state index in [4.69, 9.17) is 5.11 Å². The largest absolute Gasteiger partial charge is 0.501 e. The third-order valence-corrected chi connectivity index (χ3v) is 1.29. The first kappa shape index (κ1) is 10.8. The van der Waals surface area contributed by atoms with Gasteiger partial charge < -0.3 is 9.84 Å². The van der Waals surface area contributed by atoms with Crippen molar-refractivity contribution in [2.75, 3.05) is 6.61 Å². The van der Waals surface area contributed by atoms with Crippen molar-refractivity contribution in [3.05, 3.63) is 23.7 Å². The molecule has 0 aliphatic heterocycles. The van der Waals surface area contributed by atoms with Gasteiger partial charge in [-0.3, -0.25) is 4.57 Å². The molecule has 0 heterocycles. The molecule has 0 aliphatic carbocycles. The summed E-state index contributed by atoms with van der Waals surface area (Å²) in [7, 11) is -0.490. The Morgan fingerprint density at radius 1 is 1.75 bits per heavy atom. The highest BCUT2D eigenvalue weighted by atomic mass is 31.1. The van der Waals surface area contributed by atoms with E-state index in [9.17, 15) is 9.36 Å². The van der Waals surface area contributed by atoms with Crippen molar-refractivity contribution in [1.82, 2.24) is 0 Å². The summed E-state index contributed by atoms with van der Waals surface area (Å²) >= 11 is 0. The van der Waals surface area contributed by atoms with Gasteiger partial charge in [0.05, 0.1) is 0 Å². The van der Waals surface area contributed by atoms with Gasteiger partial charge >= 0.3 is 5.97 Å². The SMILES string of the molecule is C=C(C)C(=O)OCC=C(O)P=O. The normalized spacial score (nSPS) is 11.2. The van der Waals surface area contributed by atoms with Crippen molar-refractivity contribution in [3.63, 3.8) is 0 Å². The second-order valence-electron chi connectivity index (χ2n) is 2.03. The second kappa shape index (κ2) is 5.49. The molecule has 0 aromatic heterocycles. The highest BCUT2D eigenvalue weighted by Gasteiger charge is 2.00. The Bertz CT molecular complexity index is 232.